The summed E-state index contributed by atoms with van der Waals surface area (Å²) >= 11 is 1.08. The summed E-state index contributed by atoms with van der Waals surface area (Å²) < 4.78 is 53.5. The molecule has 2 atom stereocenters. The third kappa shape index (κ3) is 3.34. The zero-order valence-corrected chi connectivity index (χ0v) is 12.9. The Morgan fingerprint density at radius 1 is 1.22 bits per heavy atom. The molecule has 0 saturated heterocycles. The van der Waals surface area contributed by atoms with E-state index >= 15 is 0 Å². The van der Waals surface area contributed by atoms with Gasteiger partial charge in [0.1, 0.15) is 5.82 Å². The van der Waals surface area contributed by atoms with Crippen molar-refractivity contribution in [2.75, 3.05) is 0 Å². The van der Waals surface area contributed by atoms with Crippen LogP contribution in [0.1, 0.15) is 35.4 Å². The topological polar surface area (TPSA) is 29.1 Å². The predicted octanol–water partition coefficient (Wildman–Crippen LogP) is 4.89. The number of halogens is 4. The van der Waals surface area contributed by atoms with Gasteiger partial charge in [0.15, 0.2) is 0 Å². The minimum Gasteiger partial charge on any atom is -0.348 e. The van der Waals surface area contributed by atoms with Gasteiger partial charge < -0.3 is 5.32 Å². The van der Waals surface area contributed by atoms with Crippen LogP contribution in [0.25, 0.3) is 10.1 Å². The zero-order chi connectivity index (χ0) is 16.6. The highest BCUT2D eigenvalue weighted by atomic mass is 32.1. The van der Waals surface area contributed by atoms with Gasteiger partial charge in [-0.1, -0.05) is 18.9 Å². The Morgan fingerprint density at radius 2 is 1.96 bits per heavy atom. The number of amides is 1. The summed E-state index contributed by atoms with van der Waals surface area (Å²) in [4.78, 5) is 12.5. The van der Waals surface area contributed by atoms with Crippen LogP contribution in [0.2, 0.25) is 0 Å². The van der Waals surface area contributed by atoms with Crippen LogP contribution >= 0.6 is 11.3 Å². The predicted molar refractivity (Wildman–Crippen MR) is 81.1 cm³/mol. The van der Waals surface area contributed by atoms with Gasteiger partial charge in [0.2, 0.25) is 0 Å². The van der Waals surface area contributed by atoms with Crippen molar-refractivity contribution in [1.29, 1.82) is 0 Å². The van der Waals surface area contributed by atoms with Crippen molar-refractivity contribution < 1.29 is 22.4 Å². The molecule has 0 aliphatic heterocycles. The van der Waals surface area contributed by atoms with E-state index in [0.717, 1.165) is 11.3 Å². The summed E-state index contributed by atoms with van der Waals surface area (Å²) in [5.74, 6) is -2.51. The van der Waals surface area contributed by atoms with E-state index in [9.17, 15) is 22.4 Å². The lowest BCUT2D eigenvalue weighted by molar-refractivity contribution is -0.187. The van der Waals surface area contributed by atoms with Crippen LogP contribution in [0.3, 0.4) is 0 Å². The molecular formula is C16H15F4NOS. The van der Waals surface area contributed by atoms with Crippen LogP contribution in [0.15, 0.2) is 24.3 Å². The molecule has 0 spiro atoms. The number of hydrogen-bond acceptors (Lipinski definition) is 2. The third-order valence-electron chi connectivity index (χ3n) is 4.23. The maximum absolute atomic E-state index is 13.7. The van der Waals surface area contributed by atoms with Gasteiger partial charge in [-0.25, -0.2) is 4.39 Å². The average Bonchev–Trinajstić information content (AvgIpc) is 2.92. The van der Waals surface area contributed by atoms with Crippen LogP contribution in [0, 0.1) is 11.7 Å². The molecular weight excluding hydrogens is 330 g/mol. The maximum atomic E-state index is 13.7. The summed E-state index contributed by atoms with van der Waals surface area (Å²) in [5, 5.41) is 2.82. The first-order valence-electron chi connectivity index (χ1n) is 7.42. The number of hydrogen-bond donors (Lipinski definition) is 1. The van der Waals surface area contributed by atoms with Gasteiger partial charge in [0.05, 0.1) is 10.8 Å². The molecule has 1 aromatic carbocycles. The number of nitrogens with one attached hydrogen (secondary N) is 1. The summed E-state index contributed by atoms with van der Waals surface area (Å²) in [7, 11) is 0. The number of carbonyl (C=O) groups is 1. The molecule has 1 fully saturated rings. The summed E-state index contributed by atoms with van der Waals surface area (Å²) in [6.45, 7) is 0. The second-order valence-corrected chi connectivity index (χ2v) is 6.86. The number of thiophene rings is 1. The van der Waals surface area contributed by atoms with Gasteiger partial charge in [-0.05, 0) is 31.0 Å². The number of alkyl halides is 3. The van der Waals surface area contributed by atoms with Crippen molar-refractivity contribution >= 4 is 27.3 Å². The van der Waals surface area contributed by atoms with Crippen molar-refractivity contribution in [3.05, 3.63) is 35.0 Å². The van der Waals surface area contributed by atoms with Crippen molar-refractivity contribution in [3.8, 4) is 0 Å². The number of benzene rings is 1. The molecule has 3 rings (SSSR count). The lowest BCUT2D eigenvalue weighted by Crippen LogP contribution is -2.47. The highest BCUT2D eigenvalue weighted by Gasteiger charge is 2.46. The molecule has 124 valence electrons. The monoisotopic (exact) mass is 345 g/mol. The van der Waals surface area contributed by atoms with Crippen molar-refractivity contribution in [3.63, 3.8) is 0 Å². The second kappa shape index (κ2) is 6.11. The van der Waals surface area contributed by atoms with Crippen LogP contribution in [-0.4, -0.2) is 18.1 Å². The van der Waals surface area contributed by atoms with Gasteiger partial charge in [-0.3, -0.25) is 4.79 Å². The molecule has 23 heavy (non-hydrogen) atoms. The van der Waals surface area contributed by atoms with Crippen molar-refractivity contribution in [2.24, 2.45) is 5.92 Å². The minimum absolute atomic E-state index is 0.0372. The Morgan fingerprint density at radius 3 is 2.65 bits per heavy atom. The van der Waals surface area contributed by atoms with Crippen molar-refractivity contribution in [1.82, 2.24) is 5.32 Å². The summed E-state index contributed by atoms with van der Waals surface area (Å²) in [6.07, 6.45) is -2.78. The summed E-state index contributed by atoms with van der Waals surface area (Å²) in [5.41, 5.74) is 0. The Hall–Kier alpha value is -1.63. The van der Waals surface area contributed by atoms with E-state index in [-0.39, 0.29) is 11.3 Å². The molecule has 2 nitrogen and oxygen atoms in total. The molecule has 2 unspecified atom stereocenters. The molecule has 2 aromatic rings. The van der Waals surface area contributed by atoms with E-state index in [4.69, 9.17) is 0 Å². The standard InChI is InChI=1S/C16H15F4NOS/c17-11-5-3-7-13-9(11)8-14(23-13)15(22)21-12-6-2-1-4-10(12)16(18,19)20/h3,5,7-8,10,12H,1-2,4,6H2,(H,21,22). The van der Waals surface area contributed by atoms with Gasteiger partial charge in [0.25, 0.3) is 5.91 Å². The highest BCUT2D eigenvalue weighted by Crippen LogP contribution is 2.38. The smallest absolute Gasteiger partial charge is 0.348 e. The molecule has 1 aliphatic carbocycles. The molecule has 1 aromatic heterocycles. The molecule has 1 amide bonds. The largest absolute Gasteiger partial charge is 0.393 e. The zero-order valence-electron chi connectivity index (χ0n) is 12.1. The van der Waals surface area contributed by atoms with Crippen LogP contribution in [-0.2, 0) is 0 Å². The van der Waals surface area contributed by atoms with E-state index in [1.807, 2.05) is 0 Å². The number of rotatable bonds is 2. The fraction of sp³-hybridized carbons (Fsp3) is 0.438. The minimum atomic E-state index is -4.31. The molecule has 1 saturated carbocycles. The molecule has 1 N–H and O–H groups in total. The van der Waals surface area contributed by atoms with Crippen LogP contribution in [0.4, 0.5) is 17.6 Å². The Kier molecular flexibility index (Phi) is 4.31. The van der Waals surface area contributed by atoms with Gasteiger partial charge in [-0.15, -0.1) is 11.3 Å². The van der Waals surface area contributed by atoms with E-state index in [2.05, 4.69) is 5.32 Å². The molecule has 0 bridgehead atoms. The first kappa shape index (κ1) is 16.2. The number of carbonyl (C=O) groups excluding carboxylic acids is 1. The van der Waals surface area contributed by atoms with Crippen LogP contribution < -0.4 is 5.32 Å². The fourth-order valence-corrected chi connectivity index (χ4v) is 4.05. The maximum Gasteiger partial charge on any atom is 0.393 e. The van der Waals surface area contributed by atoms with Gasteiger partial charge in [0, 0.05) is 16.1 Å². The van der Waals surface area contributed by atoms with E-state index in [1.165, 1.54) is 18.2 Å². The Balaban J connectivity index is 1.80. The van der Waals surface area contributed by atoms with Crippen LogP contribution in [0.5, 0.6) is 0 Å². The molecule has 1 aliphatic rings. The molecule has 1 heterocycles. The highest BCUT2D eigenvalue weighted by molar-refractivity contribution is 7.20. The van der Waals surface area contributed by atoms with Crippen molar-refractivity contribution in [2.45, 2.75) is 37.9 Å². The Labute approximate surface area is 134 Å². The lowest BCUT2D eigenvalue weighted by atomic mass is 9.84. The van der Waals surface area contributed by atoms with E-state index < -0.39 is 29.9 Å². The lowest BCUT2D eigenvalue weighted by Gasteiger charge is -2.33. The van der Waals surface area contributed by atoms with E-state index in [1.54, 1.807) is 6.07 Å². The first-order chi connectivity index (χ1) is 10.9. The van der Waals surface area contributed by atoms with Gasteiger partial charge >= 0.3 is 6.18 Å². The van der Waals surface area contributed by atoms with Gasteiger partial charge in [-0.2, -0.15) is 13.2 Å². The SMILES string of the molecule is O=C(NC1CCCCC1C(F)(F)F)c1cc2c(F)cccc2s1. The molecule has 7 heteroatoms. The van der Waals surface area contributed by atoms with E-state index in [0.29, 0.717) is 29.3 Å². The summed E-state index contributed by atoms with van der Waals surface area (Å²) in [6, 6.07) is 5.00. The second-order valence-electron chi connectivity index (χ2n) is 5.77. The normalized spacial score (nSPS) is 22.3. The number of fused-ring (bicyclic) bond motifs is 1. The molecule has 0 radical (unpaired) electrons. The Bertz CT molecular complexity index is 724. The first-order valence-corrected chi connectivity index (χ1v) is 8.23. The average molecular weight is 345 g/mol. The third-order valence-corrected chi connectivity index (χ3v) is 5.33. The quantitative estimate of drug-likeness (QED) is 0.772. The fourth-order valence-electron chi connectivity index (χ4n) is 3.07.